The lowest BCUT2D eigenvalue weighted by atomic mass is 10.2. The molecule has 1 aromatic heterocycles. The Morgan fingerprint density at radius 1 is 1.35 bits per heavy atom. The Labute approximate surface area is 133 Å². The molecule has 1 aliphatic carbocycles. The molecule has 1 saturated carbocycles. The molecule has 0 unspecified atom stereocenters. The van der Waals surface area contributed by atoms with E-state index in [1.54, 1.807) is 18.2 Å². The van der Waals surface area contributed by atoms with Gasteiger partial charge >= 0.3 is 0 Å². The van der Waals surface area contributed by atoms with Crippen LogP contribution in [0.3, 0.4) is 0 Å². The Balaban J connectivity index is 1.66. The summed E-state index contributed by atoms with van der Waals surface area (Å²) >= 11 is 0. The van der Waals surface area contributed by atoms with Gasteiger partial charge in [-0.05, 0) is 43.9 Å². The third-order valence-corrected chi connectivity index (χ3v) is 3.90. The SMILES string of the molecule is NCc1cc(C(=O)Nc2ccc(OC3CCCC3)c(F)c2)co1. The van der Waals surface area contributed by atoms with Gasteiger partial charge in [0.15, 0.2) is 11.6 Å². The first-order chi connectivity index (χ1) is 11.2. The first-order valence-corrected chi connectivity index (χ1v) is 7.71. The van der Waals surface area contributed by atoms with Crippen molar-refractivity contribution < 1.29 is 18.3 Å². The van der Waals surface area contributed by atoms with Gasteiger partial charge in [0.1, 0.15) is 12.0 Å². The Bertz CT molecular complexity index is 693. The summed E-state index contributed by atoms with van der Waals surface area (Å²) < 4.78 is 24.9. The van der Waals surface area contributed by atoms with Crippen molar-refractivity contribution in [3.8, 4) is 5.75 Å². The summed E-state index contributed by atoms with van der Waals surface area (Å²) in [6.07, 6.45) is 5.58. The van der Waals surface area contributed by atoms with Crippen molar-refractivity contribution in [2.75, 3.05) is 5.32 Å². The maximum absolute atomic E-state index is 14.1. The molecule has 23 heavy (non-hydrogen) atoms. The van der Waals surface area contributed by atoms with E-state index in [0.29, 0.717) is 17.0 Å². The van der Waals surface area contributed by atoms with Crippen LogP contribution in [-0.4, -0.2) is 12.0 Å². The van der Waals surface area contributed by atoms with E-state index >= 15 is 0 Å². The summed E-state index contributed by atoms with van der Waals surface area (Å²) in [7, 11) is 0. The Hall–Kier alpha value is -2.34. The highest BCUT2D eigenvalue weighted by Gasteiger charge is 2.18. The minimum absolute atomic E-state index is 0.0885. The molecule has 1 fully saturated rings. The van der Waals surface area contributed by atoms with Gasteiger partial charge < -0.3 is 20.2 Å². The molecule has 0 bridgehead atoms. The lowest BCUT2D eigenvalue weighted by Crippen LogP contribution is -2.13. The van der Waals surface area contributed by atoms with Crippen molar-refractivity contribution in [1.82, 2.24) is 0 Å². The number of amides is 1. The van der Waals surface area contributed by atoms with Gasteiger partial charge in [0.25, 0.3) is 5.91 Å². The van der Waals surface area contributed by atoms with Crippen LogP contribution in [0.25, 0.3) is 0 Å². The molecule has 122 valence electrons. The molecule has 1 amide bonds. The highest BCUT2D eigenvalue weighted by Crippen LogP contribution is 2.27. The summed E-state index contributed by atoms with van der Waals surface area (Å²) in [6, 6.07) is 5.98. The topological polar surface area (TPSA) is 77.5 Å². The van der Waals surface area contributed by atoms with Crippen LogP contribution in [0.2, 0.25) is 0 Å². The molecule has 3 rings (SSSR count). The summed E-state index contributed by atoms with van der Waals surface area (Å²) in [5.41, 5.74) is 6.14. The van der Waals surface area contributed by atoms with Crippen LogP contribution in [0.4, 0.5) is 10.1 Å². The van der Waals surface area contributed by atoms with Gasteiger partial charge in [-0.1, -0.05) is 0 Å². The number of carbonyl (C=O) groups is 1. The summed E-state index contributed by atoms with van der Waals surface area (Å²) in [4.78, 5) is 12.1. The first-order valence-electron chi connectivity index (χ1n) is 7.71. The van der Waals surface area contributed by atoms with Gasteiger partial charge in [0.05, 0.1) is 18.2 Å². The van der Waals surface area contributed by atoms with Gasteiger partial charge in [-0.3, -0.25) is 4.79 Å². The summed E-state index contributed by atoms with van der Waals surface area (Å²) in [5.74, 6) is -0.118. The van der Waals surface area contributed by atoms with E-state index in [1.807, 2.05) is 0 Å². The van der Waals surface area contributed by atoms with Crippen LogP contribution in [0.1, 0.15) is 41.8 Å². The second-order valence-corrected chi connectivity index (χ2v) is 5.63. The normalized spacial score (nSPS) is 14.9. The average molecular weight is 318 g/mol. The van der Waals surface area contributed by atoms with Crippen LogP contribution in [0.5, 0.6) is 5.75 Å². The van der Waals surface area contributed by atoms with E-state index in [4.69, 9.17) is 14.9 Å². The molecule has 0 radical (unpaired) electrons. The molecule has 0 spiro atoms. The monoisotopic (exact) mass is 318 g/mol. The fourth-order valence-electron chi connectivity index (χ4n) is 2.67. The zero-order chi connectivity index (χ0) is 16.2. The lowest BCUT2D eigenvalue weighted by Gasteiger charge is -2.14. The third-order valence-electron chi connectivity index (χ3n) is 3.90. The minimum Gasteiger partial charge on any atom is -0.487 e. The summed E-state index contributed by atoms with van der Waals surface area (Å²) in [5, 5.41) is 2.62. The van der Waals surface area contributed by atoms with E-state index in [-0.39, 0.29) is 24.3 Å². The van der Waals surface area contributed by atoms with Crippen molar-refractivity contribution in [3.63, 3.8) is 0 Å². The summed E-state index contributed by atoms with van der Waals surface area (Å²) in [6.45, 7) is 0.217. The highest BCUT2D eigenvalue weighted by molar-refractivity contribution is 6.04. The zero-order valence-corrected chi connectivity index (χ0v) is 12.7. The Morgan fingerprint density at radius 3 is 2.78 bits per heavy atom. The number of carbonyl (C=O) groups excluding carboxylic acids is 1. The molecule has 6 heteroatoms. The van der Waals surface area contributed by atoms with Crippen molar-refractivity contribution in [2.24, 2.45) is 5.73 Å². The van der Waals surface area contributed by atoms with E-state index in [2.05, 4.69) is 5.32 Å². The van der Waals surface area contributed by atoms with Crippen LogP contribution in [0, 0.1) is 5.82 Å². The quantitative estimate of drug-likeness (QED) is 0.885. The molecule has 2 aromatic rings. The molecule has 1 aliphatic rings. The highest BCUT2D eigenvalue weighted by atomic mass is 19.1. The van der Waals surface area contributed by atoms with Gasteiger partial charge in [0.2, 0.25) is 0 Å². The Kier molecular flexibility index (Phi) is 4.62. The fourth-order valence-corrected chi connectivity index (χ4v) is 2.67. The lowest BCUT2D eigenvalue weighted by molar-refractivity contribution is 0.102. The molecule has 0 aliphatic heterocycles. The molecular formula is C17H19FN2O3. The van der Waals surface area contributed by atoms with E-state index in [1.165, 1.54) is 12.3 Å². The number of halogens is 1. The third kappa shape index (κ3) is 3.71. The van der Waals surface area contributed by atoms with E-state index in [9.17, 15) is 9.18 Å². The van der Waals surface area contributed by atoms with Gasteiger partial charge in [-0.15, -0.1) is 0 Å². The number of rotatable bonds is 5. The largest absolute Gasteiger partial charge is 0.487 e. The average Bonchev–Trinajstić information content (AvgIpc) is 3.21. The number of nitrogens with one attached hydrogen (secondary N) is 1. The number of nitrogens with two attached hydrogens (primary N) is 1. The number of furan rings is 1. The molecular weight excluding hydrogens is 299 g/mol. The number of benzene rings is 1. The van der Waals surface area contributed by atoms with Crippen LogP contribution in [0.15, 0.2) is 34.9 Å². The number of hydrogen-bond donors (Lipinski definition) is 2. The first kappa shape index (κ1) is 15.6. The molecule has 5 nitrogen and oxygen atoms in total. The molecule has 0 atom stereocenters. The predicted molar refractivity (Wildman–Crippen MR) is 83.8 cm³/mol. The predicted octanol–water partition coefficient (Wildman–Crippen LogP) is 3.45. The van der Waals surface area contributed by atoms with Crippen molar-refractivity contribution in [1.29, 1.82) is 0 Å². The number of anilines is 1. The maximum Gasteiger partial charge on any atom is 0.258 e. The molecule has 0 saturated heterocycles. The second kappa shape index (κ2) is 6.83. The van der Waals surface area contributed by atoms with Gasteiger partial charge in [-0.25, -0.2) is 4.39 Å². The minimum atomic E-state index is -0.482. The standard InChI is InChI=1S/C17H19FN2O3/c18-15-8-12(5-6-16(15)23-13-3-1-2-4-13)20-17(21)11-7-14(9-19)22-10-11/h5-8,10,13H,1-4,9,19H2,(H,20,21). The number of ether oxygens (including phenoxy) is 1. The van der Waals surface area contributed by atoms with E-state index in [0.717, 1.165) is 25.7 Å². The molecule has 1 heterocycles. The maximum atomic E-state index is 14.1. The van der Waals surface area contributed by atoms with Gasteiger partial charge in [0, 0.05) is 11.8 Å². The van der Waals surface area contributed by atoms with Crippen molar-refractivity contribution in [3.05, 3.63) is 47.7 Å². The smallest absolute Gasteiger partial charge is 0.258 e. The Morgan fingerprint density at radius 2 is 2.13 bits per heavy atom. The second-order valence-electron chi connectivity index (χ2n) is 5.63. The van der Waals surface area contributed by atoms with E-state index < -0.39 is 5.82 Å². The molecule has 3 N–H and O–H groups in total. The van der Waals surface area contributed by atoms with Crippen LogP contribution < -0.4 is 15.8 Å². The van der Waals surface area contributed by atoms with Crippen LogP contribution in [-0.2, 0) is 6.54 Å². The number of hydrogen-bond acceptors (Lipinski definition) is 4. The van der Waals surface area contributed by atoms with Crippen LogP contribution >= 0.6 is 0 Å². The van der Waals surface area contributed by atoms with Crippen molar-refractivity contribution in [2.45, 2.75) is 38.3 Å². The van der Waals surface area contributed by atoms with Crippen molar-refractivity contribution >= 4 is 11.6 Å². The molecule has 1 aromatic carbocycles. The van der Waals surface area contributed by atoms with Gasteiger partial charge in [-0.2, -0.15) is 0 Å². The fraction of sp³-hybridized carbons (Fsp3) is 0.353. The zero-order valence-electron chi connectivity index (χ0n) is 12.7.